The molecule has 1 heterocycles. The van der Waals surface area contributed by atoms with E-state index in [1.807, 2.05) is 0 Å². The second kappa shape index (κ2) is 6.74. The van der Waals surface area contributed by atoms with E-state index in [9.17, 15) is 12.8 Å². The molecule has 4 nitrogen and oxygen atoms in total. The number of benzene rings is 1. The van der Waals surface area contributed by atoms with Crippen molar-refractivity contribution < 1.29 is 12.8 Å². The average molecular weight is 321 g/mol. The first-order valence-corrected chi connectivity index (χ1v) is 8.69. The standard InChI is InChI=1S/C13H18ClFN2O2S/c14-11-5-3-6-12(15)13(11)17-20(18,19)9-7-10-4-1-2-8-16-10/h3,5-6,10,16-17H,1-2,4,7-9H2. The van der Waals surface area contributed by atoms with Gasteiger partial charge in [0.25, 0.3) is 0 Å². The zero-order valence-corrected chi connectivity index (χ0v) is 12.6. The van der Waals surface area contributed by atoms with Crippen LogP contribution in [0.2, 0.25) is 5.02 Å². The molecule has 1 aliphatic heterocycles. The predicted octanol–water partition coefficient (Wildman–Crippen LogP) is 2.75. The summed E-state index contributed by atoms with van der Waals surface area (Å²) in [5, 5.41) is 3.35. The third-order valence-corrected chi connectivity index (χ3v) is 4.97. The van der Waals surface area contributed by atoms with Crippen molar-refractivity contribution in [3.63, 3.8) is 0 Å². The van der Waals surface area contributed by atoms with Crippen molar-refractivity contribution in [2.75, 3.05) is 17.0 Å². The molecule has 2 N–H and O–H groups in total. The van der Waals surface area contributed by atoms with Gasteiger partial charge in [0.1, 0.15) is 11.5 Å². The highest BCUT2D eigenvalue weighted by Gasteiger charge is 2.19. The van der Waals surface area contributed by atoms with Crippen molar-refractivity contribution in [2.45, 2.75) is 31.7 Å². The molecule has 2 rings (SSSR count). The molecule has 7 heteroatoms. The van der Waals surface area contributed by atoms with E-state index in [-0.39, 0.29) is 22.5 Å². The van der Waals surface area contributed by atoms with Crippen LogP contribution >= 0.6 is 11.6 Å². The number of nitrogens with one attached hydrogen (secondary N) is 2. The molecule has 1 saturated heterocycles. The van der Waals surface area contributed by atoms with Crippen molar-refractivity contribution in [3.05, 3.63) is 29.0 Å². The Morgan fingerprint density at radius 2 is 2.20 bits per heavy atom. The van der Waals surface area contributed by atoms with Gasteiger partial charge in [0.15, 0.2) is 0 Å². The van der Waals surface area contributed by atoms with Crippen molar-refractivity contribution in [2.24, 2.45) is 0 Å². The fraction of sp³-hybridized carbons (Fsp3) is 0.538. The number of rotatable bonds is 5. The minimum atomic E-state index is -3.59. The van der Waals surface area contributed by atoms with Crippen molar-refractivity contribution in [1.29, 1.82) is 0 Å². The normalized spacial score (nSPS) is 19.8. The Bertz CT molecular complexity index is 539. The lowest BCUT2D eigenvalue weighted by Crippen LogP contribution is -2.36. The number of piperidine rings is 1. The lowest BCUT2D eigenvalue weighted by Gasteiger charge is -2.23. The highest BCUT2D eigenvalue weighted by atomic mass is 35.5. The summed E-state index contributed by atoms with van der Waals surface area (Å²) in [6.07, 6.45) is 3.74. The summed E-state index contributed by atoms with van der Waals surface area (Å²) in [6, 6.07) is 4.27. The second-order valence-corrected chi connectivity index (χ2v) is 7.20. The highest BCUT2D eigenvalue weighted by Crippen LogP contribution is 2.26. The molecule has 112 valence electrons. The number of anilines is 1. The fourth-order valence-electron chi connectivity index (χ4n) is 2.27. The quantitative estimate of drug-likeness (QED) is 0.877. The fourth-order valence-corrected chi connectivity index (χ4v) is 3.75. The van der Waals surface area contributed by atoms with Gasteiger partial charge in [0, 0.05) is 6.04 Å². The van der Waals surface area contributed by atoms with E-state index in [0.717, 1.165) is 25.8 Å². The van der Waals surface area contributed by atoms with Gasteiger partial charge in [0.2, 0.25) is 10.0 Å². The molecular formula is C13H18ClFN2O2S. The van der Waals surface area contributed by atoms with Crippen LogP contribution in [0.15, 0.2) is 18.2 Å². The molecular weight excluding hydrogens is 303 g/mol. The molecule has 0 aliphatic carbocycles. The molecule has 0 bridgehead atoms. The molecule has 1 aromatic rings. The van der Waals surface area contributed by atoms with Gasteiger partial charge < -0.3 is 5.32 Å². The second-order valence-electron chi connectivity index (χ2n) is 4.95. The van der Waals surface area contributed by atoms with Gasteiger partial charge in [-0.25, -0.2) is 12.8 Å². The van der Waals surface area contributed by atoms with Crippen LogP contribution in [0.1, 0.15) is 25.7 Å². The van der Waals surface area contributed by atoms with Gasteiger partial charge in [-0.1, -0.05) is 24.1 Å². The molecule has 0 radical (unpaired) electrons. The summed E-state index contributed by atoms with van der Waals surface area (Å²) in [6.45, 7) is 0.928. The first-order valence-electron chi connectivity index (χ1n) is 6.66. The first kappa shape index (κ1) is 15.5. The lowest BCUT2D eigenvalue weighted by molar-refractivity contribution is 0.393. The smallest absolute Gasteiger partial charge is 0.232 e. The van der Waals surface area contributed by atoms with Crippen LogP contribution in [0, 0.1) is 5.82 Å². The van der Waals surface area contributed by atoms with Crippen molar-refractivity contribution in [3.8, 4) is 0 Å². The first-order chi connectivity index (χ1) is 9.48. The van der Waals surface area contributed by atoms with Crippen LogP contribution in [-0.2, 0) is 10.0 Å². The minimum Gasteiger partial charge on any atom is -0.314 e. The number of sulfonamides is 1. The van der Waals surface area contributed by atoms with E-state index in [1.54, 1.807) is 0 Å². The van der Waals surface area contributed by atoms with Gasteiger partial charge >= 0.3 is 0 Å². The van der Waals surface area contributed by atoms with E-state index >= 15 is 0 Å². The Morgan fingerprint density at radius 3 is 2.85 bits per heavy atom. The van der Waals surface area contributed by atoms with Crippen LogP contribution in [0.4, 0.5) is 10.1 Å². The van der Waals surface area contributed by atoms with Gasteiger partial charge in [-0.05, 0) is 37.9 Å². The minimum absolute atomic E-state index is 0.0463. The lowest BCUT2D eigenvalue weighted by atomic mass is 10.0. The summed E-state index contributed by atoms with van der Waals surface area (Å²) in [4.78, 5) is 0. The number of hydrogen-bond acceptors (Lipinski definition) is 3. The van der Waals surface area contributed by atoms with E-state index in [2.05, 4.69) is 10.0 Å². The van der Waals surface area contributed by atoms with Gasteiger partial charge in [-0.3, -0.25) is 4.72 Å². The topological polar surface area (TPSA) is 58.2 Å². The van der Waals surface area contributed by atoms with E-state index in [4.69, 9.17) is 11.6 Å². The van der Waals surface area contributed by atoms with E-state index < -0.39 is 15.8 Å². The summed E-state index contributed by atoms with van der Waals surface area (Å²) in [7, 11) is -3.59. The third kappa shape index (κ3) is 4.33. The molecule has 1 unspecified atom stereocenters. The average Bonchev–Trinajstić information content (AvgIpc) is 2.42. The van der Waals surface area contributed by atoms with Gasteiger partial charge in [-0.15, -0.1) is 0 Å². The molecule has 1 aliphatic rings. The molecule has 0 saturated carbocycles. The Labute approximate surface area is 123 Å². The van der Waals surface area contributed by atoms with Crippen LogP contribution in [0.5, 0.6) is 0 Å². The third-order valence-electron chi connectivity index (χ3n) is 3.37. The molecule has 0 amide bonds. The molecule has 0 spiro atoms. The van der Waals surface area contributed by atoms with Crippen molar-refractivity contribution >= 4 is 27.3 Å². The van der Waals surface area contributed by atoms with E-state index in [0.29, 0.717) is 6.42 Å². The zero-order valence-electron chi connectivity index (χ0n) is 11.0. The maximum absolute atomic E-state index is 13.6. The van der Waals surface area contributed by atoms with Crippen LogP contribution in [-0.4, -0.2) is 26.8 Å². The maximum Gasteiger partial charge on any atom is 0.232 e. The van der Waals surface area contributed by atoms with Crippen molar-refractivity contribution in [1.82, 2.24) is 5.32 Å². The highest BCUT2D eigenvalue weighted by molar-refractivity contribution is 7.92. The van der Waals surface area contributed by atoms with Gasteiger partial charge in [-0.2, -0.15) is 0 Å². The summed E-state index contributed by atoms with van der Waals surface area (Å²) in [5.41, 5.74) is -0.175. The summed E-state index contributed by atoms with van der Waals surface area (Å²) in [5.74, 6) is -0.716. The van der Waals surface area contributed by atoms with E-state index in [1.165, 1.54) is 18.2 Å². The summed E-state index contributed by atoms with van der Waals surface area (Å²) < 4.78 is 39.7. The SMILES string of the molecule is O=S(=O)(CCC1CCCCN1)Nc1c(F)cccc1Cl. The van der Waals surface area contributed by atoms with Crippen LogP contribution in [0.25, 0.3) is 0 Å². The zero-order chi connectivity index (χ0) is 14.6. The Balaban J connectivity index is 1.96. The molecule has 1 atom stereocenters. The Morgan fingerprint density at radius 1 is 1.40 bits per heavy atom. The van der Waals surface area contributed by atoms with Crippen LogP contribution < -0.4 is 10.0 Å². The molecule has 1 fully saturated rings. The van der Waals surface area contributed by atoms with Crippen LogP contribution in [0.3, 0.4) is 0 Å². The number of para-hydroxylation sites is 1. The number of halogens is 2. The summed E-state index contributed by atoms with van der Waals surface area (Å²) >= 11 is 5.81. The molecule has 0 aromatic heterocycles. The Kier molecular flexibility index (Phi) is 5.23. The Hall–Kier alpha value is -0.850. The molecule has 1 aromatic carbocycles. The monoisotopic (exact) mass is 320 g/mol. The number of hydrogen-bond donors (Lipinski definition) is 2. The predicted molar refractivity (Wildman–Crippen MR) is 79.1 cm³/mol. The largest absolute Gasteiger partial charge is 0.314 e. The maximum atomic E-state index is 13.6. The molecule has 20 heavy (non-hydrogen) atoms. The van der Waals surface area contributed by atoms with Gasteiger partial charge in [0.05, 0.1) is 10.8 Å².